The van der Waals surface area contributed by atoms with Crippen LogP contribution >= 0.6 is 23.1 Å². The number of hydrogen-bond donors (Lipinski definition) is 0. The third-order valence-electron chi connectivity index (χ3n) is 8.35. The summed E-state index contributed by atoms with van der Waals surface area (Å²) >= 11 is 2.94. The molecule has 1 aliphatic rings. The van der Waals surface area contributed by atoms with E-state index in [0.29, 0.717) is 32.7 Å². The molecule has 0 saturated heterocycles. The fraction of sp³-hybridized carbons (Fsp3) is 0.128. The molecule has 0 fully saturated rings. The zero-order valence-corrected chi connectivity index (χ0v) is 27.9. The second-order valence-electron chi connectivity index (χ2n) is 11.2. The molecule has 48 heavy (non-hydrogen) atoms. The van der Waals surface area contributed by atoms with Crippen LogP contribution in [0.2, 0.25) is 0 Å². The van der Waals surface area contributed by atoms with Gasteiger partial charge in [0.25, 0.3) is 5.56 Å². The molecule has 9 heteroatoms. The molecule has 6 aromatic rings. The van der Waals surface area contributed by atoms with Gasteiger partial charge in [0.1, 0.15) is 0 Å². The minimum absolute atomic E-state index is 0.194. The highest BCUT2D eigenvalue weighted by atomic mass is 32.2. The van der Waals surface area contributed by atoms with Crippen LogP contribution in [0.4, 0.5) is 0 Å². The van der Waals surface area contributed by atoms with Crippen molar-refractivity contribution in [1.29, 1.82) is 5.26 Å². The van der Waals surface area contributed by atoms with Gasteiger partial charge in [-0.15, -0.1) is 11.8 Å². The van der Waals surface area contributed by atoms with Gasteiger partial charge in [0, 0.05) is 39.7 Å². The summed E-state index contributed by atoms with van der Waals surface area (Å²) < 4.78 is 9.91. The number of esters is 1. The SMILES string of the molecule is CCOC(=O)C1=C(c2ccccc2)N=c2s/c(=C\c3cn(Cc4ccc(C#N)cc4)c4ccccc34)c(=O)n2[C@@H]1c1ccc(SC)cc1. The van der Waals surface area contributed by atoms with Gasteiger partial charge in [0.15, 0.2) is 4.80 Å². The molecular weight excluding hydrogens is 637 g/mol. The van der Waals surface area contributed by atoms with Gasteiger partial charge in [-0.25, -0.2) is 9.79 Å². The molecule has 7 nitrogen and oxygen atoms in total. The van der Waals surface area contributed by atoms with E-state index < -0.39 is 12.0 Å². The van der Waals surface area contributed by atoms with Gasteiger partial charge < -0.3 is 9.30 Å². The highest BCUT2D eigenvalue weighted by Crippen LogP contribution is 2.36. The molecule has 1 aliphatic heterocycles. The lowest BCUT2D eigenvalue weighted by Gasteiger charge is -2.26. The maximum absolute atomic E-state index is 14.5. The molecule has 4 aromatic carbocycles. The van der Waals surface area contributed by atoms with E-state index in [1.807, 2.05) is 103 Å². The number of thiazole rings is 1. The average molecular weight is 667 g/mol. The summed E-state index contributed by atoms with van der Waals surface area (Å²) in [5, 5.41) is 10.2. The van der Waals surface area contributed by atoms with Crippen molar-refractivity contribution in [2.75, 3.05) is 12.9 Å². The van der Waals surface area contributed by atoms with Gasteiger partial charge in [0.2, 0.25) is 0 Å². The molecule has 2 aromatic heterocycles. The Balaban J connectivity index is 1.43. The third kappa shape index (κ3) is 5.81. The molecule has 3 heterocycles. The zero-order valence-electron chi connectivity index (χ0n) is 26.3. The highest BCUT2D eigenvalue weighted by molar-refractivity contribution is 7.98. The van der Waals surface area contributed by atoms with Crippen molar-refractivity contribution in [3.63, 3.8) is 0 Å². The Hall–Kier alpha value is -5.43. The number of benzene rings is 4. The number of nitriles is 1. The number of carbonyl (C=O) groups is 1. The minimum Gasteiger partial charge on any atom is -0.463 e. The molecule has 0 saturated carbocycles. The van der Waals surface area contributed by atoms with Gasteiger partial charge in [-0.05, 0) is 60.7 Å². The summed E-state index contributed by atoms with van der Waals surface area (Å²) in [6.07, 6.45) is 5.99. The highest BCUT2D eigenvalue weighted by Gasteiger charge is 2.35. The predicted octanol–water partition coefficient (Wildman–Crippen LogP) is 6.53. The van der Waals surface area contributed by atoms with Crippen LogP contribution in [0.25, 0.3) is 22.7 Å². The second-order valence-corrected chi connectivity index (χ2v) is 13.1. The summed E-state index contributed by atoms with van der Waals surface area (Å²) in [7, 11) is 0. The fourth-order valence-electron chi connectivity index (χ4n) is 6.09. The predicted molar refractivity (Wildman–Crippen MR) is 191 cm³/mol. The van der Waals surface area contributed by atoms with Crippen molar-refractivity contribution in [2.45, 2.75) is 24.4 Å². The normalized spacial score (nSPS) is 14.4. The topological polar surface area (TPSA) is 89.4 Å². The summed E-state index contributed by atoms with van der Waals surface area (Å²) in [6.45, 7) is 2.58. The Labute approximate surface area is 285 Å². The number of nitrogens with zero attached hydrogens (tertiary/aromatic N) is 4. The smallest absolute Gasteiger partial charge is 0.338 e. The van der Waals surface area contributed by atoms with E-state index in [1.165, 1.54) is 11.3 Å². The van der Waals surface area contributed by atoms with Gasteiger partial charge in [-0.2, -0.15) is 5.26 Å². The standard InChI is InChI=1S/C39H30N4O3S2/c1-3-46-38(45)34-35(27-9-5-4-6-10-27)41-39-43(36(34)28-17-19-30(47-2)20-18-28)37(44)33(48-39)21-29-24-42(32-12-8-7-11-31(29)32)23-26-15-13-25(22-40)14-16-26/h4-21,24,36H,3,23H2,1-2H3/b33-21-/t36-/m1/s1. The van der Waals surface area contributed by atoms with Crippen LogP contribution in [0.15, 0.2) is 130 Å². The maximum Gasteiger partial charge on any atom is 0.338 e. The molecule has 0 amide bonds. The van der Waals surface area contributed by atoms with Crippen LogP contribution in [0.5, 0.6) is 0 Å². The lowest BCUT2D eigenvalue weighted by molar-refractivity contribution is -0.138. The van der Waals surface area contributed by atoms with Crippen molar-refractivity contribution < 1.29 is 9.53 Å². The monoisotopic (exact) mass is 666 g/mol. The molecule has 0 N–H and O–H groups in total. The van der Waals surface area contributed by atoms with E-state index in [1.54, 1.807) is 23.3 Å². The molecular formula is C39H30N4O3S2. The van der Waals surface area contributed by atoms with Crippen molar-refractivity contribution in [3.05, 3.63) is 162 Å². The largest absolute Gasteiger partial charge is 0.463 e. The van der Waals surface area contributed by atoms with Crippen LogP contribution in [0.1, 0.15) is 40.8 Å². The lowest BCUT2D eigenvalue weighted by atomic mass is 9.93. The second kappa shape index (κ2) is 13.4. The minimum atomic E-state index is -0.730. The average Bonchev–Trinajstić information content (AvgIpc) is 3.64. The van der Waals surface area contributed by atoms with Crippen LogP contribution in [0, 0.1) is 11.3 Å². The molecule has 0 aliphatic carbocycles. The van der Waals surface area contributed by atoms with E-state index in [-0.39, 0.29) is 12.2 Å². The van der Waals surface area contributed by atoms with E-state index in [9.17, 15) is 14.9 Å². The van der Waals surface area contributed by atoms with E-state index in [0.717, 1.165) is 38.1 Å². The summed E-state index contributed by atoms with van der Waals surface area (Å²) in [6, 6.07) is 34.6. The maximum atomic E-state index is 14.5. The molecule has 0 radical (unpaired) electrons. The van der Waals surface area contributed by atoms with Crippen LogP contribution in [-0.2, 0) is 16.1 Å². The first kappa shape index (κ1) is 31.2. The van der Waals surface area contributed by atoms with Gasteiger partial charge >= 0.3 is 5.97 Å². The molecule has 236 valence electrons. The first-order valence-electron chi connectivity index (χ1n) is 15.5. The third-order valence-corrected chi connectivity index (χ3v) is 10.1. The molecule has 7 rings (SSSR count). The summed E-state index contributed by atoms with van der Waals surface area (Å²) in [4.78, 5) is 34.8. The number of para-hydroxylation sites is 1. The van der Waals surface area contributed by atoms with E-state index in [4.69, 9.17) is 9.73 Å². The quantitative estimate of drug-likeness (QED) is 0.136. The zero-order chi connectivity index (χ0) is 33.2. The van der Waals surface area contributed by atoms with Crippen molar-refractivity contribution >= 4 is 51.7 Å². The lowest BCUT2D eigenvalue weighted by Crippen LogP contribution is -2.40. The summed E-state index contributed by atoms with van der Waals surface area (Å²) in [5.41, 5.74) is 5.79. The Morgan fingerprint density at radius 1 is 1.00 bits per heavy atom. The Morgan fingerprint density at radius 3 is 2.44 bits per heavy atom. The van der Waals surface area contributed by atoms with Gasteiger partial charge in [-0.1, -0.05) is 84.1 Å². The van der Waals surface area contributed by atoms with E-state index >= 15 is 0 Å². The van der Waals surface area contributed by atoms with Gasteiger partial charge in [-0.3, -0.25) is 9.36 Å². The Morgan fingerprint density at radius 2 is 1.73 bits per heavy atom. The first-order chi connectivity index (χ1) is 23.5. The van der Waals surface area contributed by atoms with Crippen LogP contribution in [0.3, 0.4) is 0 Å². The summed E-state index contributed by atoms with van der Waals surface area (Å²) in [5.74, 6) is -0.501. The van der Waals surface area contributed by atoms with Crippen molar-refractivity contribution in [2.24, 2.45) is 4.99 Å². The number of fused-ring (bicyclic) bond motifs is 2. The van der Waals surface area contributed by atoms with E-state index in [2.05, 4.69) is 29.0 Å². The fourth-order valence-corrected chi connectivity index (χ4v) is 7.49. The number of aromatic nitrogens is 2. The number of hydrogen-bond acceptors (Lipinski definition) is 7. The number of thioether (sulfide) groups is 1. The molecule has 0 bridgehead atoms. The molecule has 0 unspecified atom stereocenters. The van der Waals surface area contributed by atoms with Gasteiger partial charge in [0.05, 0.1) is 40.1 Å². The van der Waals surface area contributed by atoms with Crippen LogP contribution in [-0.4, -0.2) is 28.0 Å². The van der Waals surface area contributed by atoms with Crippen molar-refractivity contribution in [3.8, 4) is 6.07 Å². The molecule has 0 spiro atoms. The van der Waals surface area contributed by atoms with Crippen LogP contribution < -0.4 is 14.9 Å². The number of ether oxygens (including phenoxy) is 1. The Bertz CT molecular complexity index is 2410. The first-order valence-corrected chi connectivity index (χ1v) is 17.5. The van der Waals surface area contributed by atoms with Crippen molar-refractivity contribution in [1.82, 2.24) is 9.13 Å². The number of rotatable bonds is 8. The molecule has 1 atom stereocenters. The number of carbonyl (C=O) groups excluding carboxylic acids is 1. The Kier molecular flexibility index (Phi) is 8.68.